The SMILES string of the molecule is CCNc1nc(OCCOCC)c2ccccc2n1. The Balaban J connectivity index is 2.23. The zero-order chi connectivity index (χ0) is 13.5. The molecular formula is C14H19N3O2. The van der Waals surface area contributed by atoms with Gasteiger partial charge < -0.3 is 14.8 Å². The van der Waals surface area contributed by atoms with Crippen LogP contribution in [0.15, 0.2) is 24.3 Å². The summed E-state index contributed by atoms with van der Waals surface area (Å²) in [5.41, 5.74) is 0.875. The number of para-hydroxylation sites is 1. The monoisotopic (exact) mass is 261 g/mol. The molecule has 1 aromatic carbocycles. The number of anilines is 1. The lowest BCUT2D eigenvalue weighted by molar-refractivity contribution is 0.109. The van der Waals surface area contributed by atoms with Crippen LogP contribution in [0.3, 0.4) is 0 Å². The molecule has 102 valence electrons. The van der Waals surface area contributed by atoms with Crippen molar-refractivity contribution in [3.8, 4) is 5.88 Å². The molecule has 0 aliphatic heterocycles. The molecule has 0 spiro atoms. The third-order valence-corrected chi connectivity index (χ3v) is 2.57. The normalized spacial score (nSPS) is 10.6. The van der Waals surface area contributed by atoms with Crippen molar-refractivity contribution < 1.29 is 9.47 Å². The Morgan fingerprint density at radius 2 is 1.95 bits per heavy atom. The summed E-state index contributed by atoms with van der Waals surface area (Å²) in [6, 6.07) is 7.82. The highest BCUT2D eigenvalue weighted by Crippen LogP contribution is 2.23. The van der Waals surface area contributed by atoms with Gasteiger partial charge in [0, 0.05) is 13.2 Å². The van der Waals surface area contributed by atoms with Gasteiger partial charge >= 0.3 is 0 Å². The fraction of sp³-hybridized carbons (Fsp3) is 0.429. The summed E-state index contributed by atoms with van der Waals surface area (Å²) in [5, 5.41) is 4.03. The van der Waals surface area contributed by atoms with Gasteiger partial charge in [0.15, 0.2) is 0 Å². The van der Waals surface area contributed by atoms with Crippen molar-refractivity contribution in [1.29, 1.82) is 0 Å². The quantitative estimate of drug-likeness (QED) is 0.776. The number of hydrogen-bond acceptors (Lipinski definition) is 5. The Labute approximate surface area is 113 Å². The van der Waals surface area contributed by atoms with E-state index in [2.05, 4.69) is 15.3 Å². The van der Waals surface area contributed by atoms with Gasteiger partial charge in [-0.25, -0.2) is 4.98 Å². The smallest absolute Gasteiger partial charge is 0.226 e. The maximum atomic E-state index is 5.69. The molecule has 0 fully saturated rings. The number of rotatable bonds is 7. The van der Waals surface area contributed by atoms with E-state index in [1.54, 1.807) is 0 Å². The van der Waals surface area contributed by atoms with Crippen molar-refractivity contribution in [3.05, 3.63) is 24.3 Å². The highest BCUT2D eigenvalue weighted by Gasteiger charge is 2.07. The van der Waals surface area contributed by atoms with Crippen molar-refractivity contribution in [1.82, 2.24) is 9.97 Å². The zero-order valence-corrected chi connectivity index (χ0v) is 11.3. The van der Waals surface area contributed by atoms with Gasteiger partial charge in [0.2, 0.25) is 11.8 Å². The van der Waals surface area contributed by atoms with Crippen LogP contribution in [-0.4, -0.2) is 36.3 Å². The Hall–Kier alpha value is -1.88. The second-order valence-corrected chi connectivity index (χ2v) is 3.95. The van der Waals surface area contributed by atoms with Crippen molar-refractivity contribution >= 4 is 16.9 Å². The van der Waals surface area contributed by atoms with Crippen molar-refractivity contribution in [2.45, 2.75) is 13.8 Å². The summed E-state index contributed by atoms with van der Waals surface area (Å²) in [7, 11) is 0. The minimum absolute atomic E-state index is 0.487. The Morgan fingerprint density at radius 3 is 2.74 bits per heavy atom. The molecule has 5 nitrogen and oxygen atoms in total. The third-order valence-electron chi connectivity index (χ3n) is 2.57. The van der Waals surface area contributed by atoms with Gasteiger partial charge in [-0.3, -0.25) is 0 Å². The van der Waals surface area contributed by atoms with Gasteiger partial charge in [-0.05, 0) is 26.0 Å². The number of aromatic nitrogens is 2. The lowest BCUT2D eigenvalue weighted by Crippen LogP contribution is -2.09. The molecule has 0 radical (unpaired) electrons. The lowest BCUT2D eigenvalue weighted by atomic mass is 10.2. The molecule has 0 aliphatic carbocycles. The van der Waals surface area contributed by atoms with E-state index >= 15 is 0 Å². The molecule has 0 amide bonds. The summed E-state index contributed by atoms with van der Waals surface area (Å²) >= 11 is 0. The van der Waals surface area contributed by atoms with Gasteiger partial charge in [0.25, 0.3) is 0 Å². The van der Waals surface area contributed by atoms with E-state index in [9.17, 15) is 0 Å². The van der Waals surface area contributed by atoms with Crippen molar-refractivity contribution in [3.63, 3.8) is 0 Å². The molecule has 1 aromatic heterocycles. The minimum Gasteiger partial charge on any atom is -0.475 e. The average molecular weight is 261 g/mol. The molecule has 0 bridgehead atoms. The van der Waals surface area contributed by atoms with Crippen LogP contribution in [0.1, 0.15) is 13.8 Å². The summed E-state index contributed by atoms with van der Waals surface area (Å²) < 4.78 is 11.0. The summed E-state index contributed by atoms with van der Waals surface area (Å²) in [6.07, 6.45) is 0. The second-order valence-electron chi connectivity index (χ2n) is 3.95. The predicted octanol–water partition coefficient (Wildman–Crippen LogP) is 2.48. The van der Waals surface area contributed by atoms with Crippen LogP contribution in [0.2, 0.25) is 0 Å². The fourth-order valence-corrected chi connectivity index (χ4v) is 1.74. The molecule has 0 atom stereocenters. The lowest BCUT2D eigenvalue weighted by Gasteiger charge is -2.10. The first-order valence-corrected chi connectivity index (χ1v) is 6.56. The standard InChI is InChI=1S/C14H19N3O2/c1-3-15-14-16-12-8-6-5-7-11(12)13(17-14)19-10-9-18-4-2/h5-8H,3-4,9-10H2,1-2H3,(H,15,16,17). The molecular weight excluding hydrogens is 242 g/mol. The maximum absolute atomic E-state index is 5.69. The number of fused-ring (bicyclic) bond motifs is 1. The second kappa shape index (κ2) is 6.89. The Bertz CT molecular complexity index is 531. The first kappa shape index (κ1) is 13.5. The largest absolute Gasteiger partial charge is 0.475 e. The predicted molar refractivity (Wildman–Crippen MR) is 75.7 cm³/mol. The number of hydrogen-bond donors (Lipinski definition) is 1. The van der Waals surface area contributed by atoms with Gasteiger partial charge in [-0.15, -0.1) is 0 Å². The van der Waals surface area contributed by atoms with E-state index < -0.39 is 0 Å². The highest BCUT2D eigenvalue weighted by atomic mass is 16.5. The summed E-state index contributed by atoms with van der Waals surface area (Å²) in [4.78, 5) is 8.82. The highest BCUT2D eigenvalue weighted by molar-refractivity contribution is 5.84. The van der Waals surface area contributed by atoms with Crippen LogP contribution in [0.4, 0.5) is 5.95 Å². The van der Waals surface area contributed by atoms with Crippen molar-refractivity contribution in [2.75, 3.05) is 31.7 Å². The number of nitrogens with zero attached hydrogens (tertiary/aromatic N) is 2. The molecule has 5 heteroatoms. The molecule has 1 N–H and O–H groups in total. The Kier molecular flexibility index (Phi) is 4.92. The number of benzene rings is 1. The molecule has 0 saturated carbocycles. The molecule has 0 unspecified atom stereocenters. The van der Waals surface area contributed by atoms with Gasteiger partial charge in [0.05, 0.1) is 17.5 Å². The number of ether oxygens (including phenoxy) is 2. The summed E-state index contributed by atoms with van der Waals surface area (Å²) in [6.45, 7) is 6.48. The van der Waals surface area contributed by atoms with Crippen LogP contribution in [0, 0.1) is 0 Å². The summed E-state index contributed by atoms with van der Waals surface area (Å²) in [5.74, 6) is 1.19. The molecule has 2 rings (SSSR count). The average Bonchev–Trinajstić information content (AvgIpc) is 2.44. The van der Waals surface area contributed by atoms with E-state index in [-0.39, 0.29) is 0 Å². The fourth-order valence-electron chi connectivity index (χ4n) is 1.74. The van der Waals surface area contributed by atoms with E-state index in [1.165, 1.54) is 0 Å². The van der Waals surface area contributed by atoms with E-state index in [1.807, 2.05) is 38.1 Å². The molecule has 2 aromatic rings. The van der Waals surface area contributed by atoms with Gasteiger partial charge in [-0.2, -0.15) is 4.98 Å². The van der Waals surface area contributed by atoms with E-state index in [0.29, 0.717) is 31.6 Å². The van der Waals surface area contributed by atoms with Gasteiger partial charge in [-0.1, -0.05) is 12.1 Å². The van der Waals surface area contributed by atoms with Crippen LogP contribution in [0.25, 0.3) is 10.9 Å². The van der Waals surface area contributed by atoms with Crippen LogP contribution in [0.5, 0.6) is 5.88 Å². The Morgan fingerprint density at radius 1 is 1.11 bits per heavy atom. The van der Waals surface area contributed by atoms with Crippen LogP contribution >= 0.6 is 0 Å². The number of nitrogens with one attached hydrogen (secondary N) is 1. The first-order valence-electron chi connectivity index (χ1n) is 6.56. The van der Waals surface area contributed by atoms with Crippen LogP contribution < -0.4 is 10.1 Å². The molecule has 1 heterocycles. The topological polar surface area (TPSA) is 56.3 Å². The van der Waals surface area contributed by atoms with E-state index in [4.69, 9.17) is 9.47 Å². The third kappa shape index (κ3) is 3.54. The van der Waals surface area contributed by atoms with Gasteiger partial charge in [0.1, 0.15) is 6.61 Å². The first-order chi connectivity index (χ1) is 9.35. The molecule has 0 saturated heterocycles. The van der Waals surface area contributed by atoms with Crippen molar-refractivity contribution in [2.24, 2.45) is 0 Å². The van der Waals surface area contributed by atoms with Crippen LogP contribution in [-0.2, 0) is 4.74 Å². The molecule has 0 aliphatic rings. The minimum atomic E-state index is 0.487. The van der Waals surface area contributed by atoms with E-state index in [0.717, 1.165) is 17.4 Å². The maximum Gasteiger partial charge on any atom is 0.226 e. The zero-order valence-electron chi connectivity index (χ0n) is 11.3. The molecule has 19 heavy (non-hydrogen) atoms.